The van der Waals surface area contributed by atoms with E-state index in [0.717, 1.165) is 17.9 Å². The fourth-order valence-corrected chi connectivity index (χ4v) is 3.45. The monoisotopic (exact) mass is 277 g/mol. The Morgan fingerprint density at radius 2 is 1.75 bits per heavy atom. The van der Waals surface area contributed by atoms with E-state index in [9.17, 15) is 4.39 Å². The van der Waals surface area contributed by atoms with E-state index < -0.39 is 0 Å². The molecule has 0 aromatic heterocycles. The minimum atomic E-state index is -0.0803. The maximum atomic E-state index is 13.7. The van der Waals surface area contributed by atoms with Crippen molar-refractivity contribution in [2.24, 2.45) is 5.92 Å². The van der Waals surface area contributed by atoms with Gasteiger partial charge in [-0.25, -0.2) is 4.39 Å². The van der Waals surface area contributed by atoms with Gasteiger partial charge < -0.3 is 5.32 Å². The van der Waals surface area contributed by atoms with Gasteiger partial charge in [0.05, 0.1) is 0 Å². The van der Waals surface area contributed by atoms with Gasteiger partial charge >= 0.3 is 0 Å². The van der Waals surface area contributed by atoms with Crippen LogP contribution in [0.15, 0.2) is 24.3 Å². The number of hydrogen-bond acceptors (Lipinski definition) is 1. The van der Waals surface area contributed by atoms with Gasteiger partial charge in [-0.2, -0.15) is 0 Å². The molecule has 1 nitrogen and oxygen atoms in total. The van der Waals surface area contributed by atoms with Crippen molar-refractivity contribution >= 4 is 0 Å². The van der Waals surface area contributed by atoms with Gasteiger partial charge in [0.15, 0.2) is 0 Å². The van der Waals surface area contributed by atoms with Gasteiger partial charge in [0.2, 0.25) is 0 Å². The molecule has 1 saturated carbocycles. The molecular weight excluding hydrogens is 249 g/mol. The molecule has 1 aliphatic carbocycles. The van der Waals surface area contributed by atoms with Gasteiger partial charge in [-0.05, 0) is 50.7 Å². The molecule has 112 valence electrons. The summed E-state index contributed by atoms with van der Waals surface area (Å²) in [4.78, 5) is 0. The summed E-state index contributed by atoms with van der Waals surface area (Å²) >= 11 is 0. The van der Waals surface area contributed by atoms with Crippen molar-refractivity contribution in [3.05, 3.63) is 35.6 Å². The summed E-state index contributed by atoms with van der Waals surface area (Å²) in [6.45, 7) is 4.47. The van der Waals surface area contributed by atoms with Crippen LogP contribution in [0.25, 0.3) is 0 Å². The second kappa shape index (κ2) is 7.78. The summed E-state index contributed by atoms with van der Waals surface area (Å²) in [5.74, 6) is 0.712. The predicted octanol–water partition coefficient (Wildman–Crippen LogP) is 4.71. The highest BCUT2D eigenvalue weighted by Gasteiger charge is 2.20. The first kappa shape index (κ1) is 15.5. The molecular formula is C18H28FN. The minimum Gasteiger partial charge on any atom is -0.311 e. The number of halogens is 1. The highest BCUT2D eigenvalue weighted by Crippen LogP contribution is 2.25. The number of nitrogens with one attached hydrogen (secondary N) is 1. The maximum Gasteiger partial charge on any atom is 0.126 e. The fourth-order valence-electron chi connectivity index (χ4n) is 3.45. The average molecular weight is 277 g/mol. The molecule has 0 aliphatic heterocycles. The standard InChI is InChI=1S/C18H28FN/c1-14(13-17-11-7-8-12-18(17)19)20-15(2)16-9-5-3-4-6-10-16/h7-8,11-12,14-16,20H,3-6,9-10,13H2,1-2H3/t14?,15-/m1/s1. The lowest BCUT2D eigenvalue weighted by atomic mass is 9.92. The second-order valence-corrected chi connectivity index (χ2v) is 6.40. The summed E-state index contributed by atoms with van der Waals surface area (Å²) in [6, 6.07) is 7.98. The summed E-state index contributed by atoms with van der Waals surface area (Å²) in [6.07, 6.45) is 9.00. The molecule has 1 unspecified atom stereocenters. The molecule has 0 heterocycles. The summed E-state index contributed by atoms with van der Waals surface area (Å²) < 4.78 is 13.7. The van der Waals surface area contributed by atoms with Crippen LogP contribution in [0.2, 0.25) is 0 Å². The van der Waals surface area contributed by atoms with Crippen molar-refractivity contribution in [1.82, 2.24) is 5.32 Å². The first-order valence-corrected chi connectivity index (χ1v) is 8.16. The highest BCUT2D eigenvalue weighted by molar-refractivity contribution is 5.18. The molecule has 0 radical (unpaired) electrons. The van der Waals surface area contributed by atoms with Crippen LogP contribution in [0.3, 0.4) is 0 Å². The number of hydrogen-bond donors (Lipinski definition) is 1. The van der Waals surface area contributed by atoms with Crippen LogP contribution < -0.4 is 5.32 Å². The Kier molecular flexibility index (Phi) is 6.03. The zero-order valence-corrected chi connectivity index (χ0v) is 12.9. The molecule has 2 rings (SSSR count). The molecule has 1 aromatic rings. The molecule has 2 atom stereocenters. The predicted molar refractivity (Wildman–Crippen MR) is 83.4 cm³/mol. The van der Waals surface area contributed by atoms with Gasteiger partial charge in [-0.3, -0.25) is 0 Å². The Morgan fingerprint density at radius 3 is 2.40 bits per heavy atom. The molecule has 1 aliphatic rings. The van der Waals surface area contributed by atoms with Crippen LogP contribution in [0, 0.1) is 11.7 Å². The van der Waals surface area contributed by atoms with E-state index in [4.69, 9.17) is 0 Å². The van der Waals surface area contributed by atoms with Crippen molar-refractivity contribution < 1.29 is 4.39 Å². The molecule has 0 saturated heterocycles. The lowest BCUT2D eigenvalue weighted by Gasteiger charge is -2.27. The van der Waals surface area contributed by atoms with Crippen molar-refractivity contribution in [2.75, 3.05) is 0 Å². The van der Waals surface area contributed by atoms with Crippen molar-refractivity contribution in [1.29, 1.82) is 0 Å². The Hall–Kier alpha value is -0.890. The van der Waals surface area contributed by atoms with E-state index in [2.05, 4.69) is 19.2 Å². The molecule has 20 heavy (non-hydrogen) atoms. The minimum absolute atomic E-state index is 0.0803. The van der Waals surface area contributed by atoms with Crippen LogP contribution in [-0.4, -0.2) is 12.1 Å². The topological polar surface area (TPSA) is 12.0 Å². The normalized spacial score (nSPS) is 20.4. The van der Waals surface area contributed by atoms with E-state index in [-0.39, 0.29) is 5.82 Å². The summed E-state index contributed by atoms with van der Waals surface area (Å²) in [7, 11) is 0. The van der Waals surface area contributed by atoms with Crippen LogP contribution in [-0.2, 0) is 6.42 Å². The number of benzene rings is 1. The van der Waals surface area contributed by atoms with E-state index in [1.165, 1.54) is 38.5 Å². The molecule has 0 bridgehead atoms. The Bertz CT molecular complexity index is 396. The number of rotatable bonds is 5. The van der Waals surface area contributed by atoms with E-state index in [1.807, 2.05) is 12.1 Å². The fraction of sp³-hybridized carbons (Fsp3) is 0.667. The van der Waals surface area contributed by atoms with Gasteiger partial charge in [0.25, 0.3) is 0 Å². The third-order valence-electron chi connectivity index (χ3n) is 4.64. The van der Waals surface area contributed by atoms with Crippen molar-refractivity contribution in [2.45, 2.75) is 70.9 Å². The first-order valence-electron chi connectivity index (χ1n) is 8.16. The van der Waals surface area contributed by atoms with Gasteiger partial charge in [0.1, 0.15) is 5.82 Å². The second-order valence-electron chi connectivity index (χ2n) is 6.40. The third kappa shape index (κ3) is 4.59. The molecule has 1 fully saturated rings. The van der Waals surface area contributed by atoms with Crippen LogP contribution in [0.4, 0.5) is 4.39 Å². The van der Waals surface area contributed by atoms with Crippen LogP contribution >= 0.6 is 0 Å². The summed E-state index contributed by atoms with van der Waals surface area (Å²) in [5.41, 5.74) is 0.820. The summed E-state index contributed by atoms with van der Waals surface area (Å²) in [5, 5.41) is 3.69. The van der Waals surface area contributed by atoms with Gasteiger partial charge in [-0.15, -0.1) is 0 Å². The lowest BCUT2D eigenvalue weighted by molar-refractivity contribution is 0.313. The van der Waals surface area contributed by atoms with E-state index in [1.54, 1.807) is 12.1 Å². The Balaban J connectivity index is 1.84. The molecule has 1 N–H and O–H groups in total. The third-order valence-corrected chi connectivity index (χ3v) is 4.64. The first-order chi connectivity index (χ1) is 9.66. The highest BCUT2D eigenvalue weighted by atomic mass is 19.1. The van der Waals surface area contributed by atoms with Crippen molar-refractivity contribution in [3.63, 3.8) is 0 Å². The molecule has 0 amide bonds. The van der Waals surface area contributed by atoms with Gasteiger partial charge in [-0.1, -0.05) is 43.9 Å². The largest absolute Gasteiger partial charge is 0.311 e. The average Bonchev–Trinajstić information content (AvgIpc) is 2.70. The lowest BCUT2D eigenvalue weighted by Crippen LogP contribution is -2.40. The quantitative estimate of drug-likeness (QED) is 0.769. The van der Waals surface area contributed by atoms with E-state index in [0.29, 0.717) is 12.1 Å². The maximum absolute atomic E-state index is 13.7. The zero-order valence-electron chi connectivity index (χ0n) is 12.9. The smallest absolute Gasteiger partial charge is 0.126 e. The van der Waals surface area contributed by atoms with Gasteiger partial charge in [0, 0.05) is 12.1 Å². The van der Waals surface area contributed by atoms with Crippen LogP contribution in [0.1, 0.15) is 57.9 Å². The molecule has 2 heteroatoms. The van der Waals surface area contributed by atoms with Crippen LogP contribution in [0.5, 0.6) is 0 Å². The van der Waals surface area contributed by atoms with Crippen molar-refractivity contribution in [3.8, 4) is 0 Å². The molecule has 1 aromatic carbocycles. The van der Waals surface area contributed by atoms with E-state index >= 15 is 0 Å². The Morgan fingerprint density at radius 1 is 1.10 bits per heavy atom. The Labute approximate surface area is 123 Å². The molecule has 0 spiro atoms. The zero-order chi connectivity index (χ0) is 14.4. The SMILES string of the molecule is CC(Cc1ccccc1F)N[C@H](C)C1CCCCCC1.